The number of hydrogen-bond donors (Lipinski definition) is 0. The third kappa shape index (κ3) is 3.73. The minimum absolute atomic E-state index is 0.713. The molecule has 1 heterocycles. The third-order valence-electron chi connectivity index (χ3n) is 3.49. The molecule has 2 aromatic rings. The van der Waals surface area contributed by atoms with Crippen LogP contribution in [0.1, 0.15) is 0 Å². The maximum atomic E-state index is 5.85. The molecular formula is C16H17ClN4. The number of hydrogen-bond acceptors (Lipinski definition) is 3. The second kappa shape index (κ2) is 6.59. The Morgan fingerprint density at radius 2 is 1.48 bits per heavy atom. The normalized spacial score (nSPS) is 15.7. The molecule has 1 aliphatic heterocycles. The summed E-state index contributed by atoms with van der Waals surface area (Å²) in [5, 5.41) is 11.3. The molecule has 0 atom stereocenters. The topological polar surface area (TPSA) is 31.2 Å². The van der Waals surface area contributed by atoms with E-state index in [1.807, 2.05) is 35.3 Å². The number of benzene rings is 2. The number of nitrogens with zero attached hydrogens (tertiary/aromatic N) is 4. The lowest BCUT2D eigenvalue weighted by Gasteiger charge is -2.33. The molecule has 4 nitrogen and oxygen atoms in total. The van der Waals surface area contributed by atoms with Gasteiger partial charge in [0.15, 0.2) is 0 Å². The number of rotatable bonds is 3. The van der Waals surface area contributed by atoms with Gasteiger partial charge in [-0.2, -0.15) is 0 Å². The van der Waals surface area contributed by atoms with Gasteiger partial charge in [-0.1, -0.05) is 35.0 Å². The van der Waals surface area contributed by atoms with Crippen LogP contribution in [0, 0.1) is 0 Å². The summed E-state index contributed by atoms with van der Waals surface area (Å²) in [5.41, 5.74) is 2.09. The van der Waals surface area contributed by atoms with Crippen molar-refractivity contribution in [3.05, 3.63) is 59.6 Å². The molecule has 0 aromatic heterocycles. The van der Waals surface area contributed by atoms with Gasteiger partial charge in [-0.05, 0) is 36.4 Å². The molecule has 0 aliphatic carbocycles. The molecule has 21 heavy (non-hydrogen) atoms. The van der Waals surface area contributed by atoms with Crippen molar-refractivity contribution in [3.8, 4) is 0 Å². The summed E-state index contributed by atoms with van der Waals surface area (Å²) in [5.74, 6) is 0. The van der Waals surface area contributed by atoms with E-state index in [0.29, 0.717) is 5.02 Å². The van der Waals surface area contributed by atoms with Gasteiger partial charge in [0.05, 0.1) is 18.8 Å². The Kier molecular flexibility index (Phi) is 4.36. The molecule has 0 spiro atoms. The fraction of sp³-hybridized carbons (Fsp3) is 0.250. The van der Waals surface area contributed by atoms with Crippen LogP contribution in [0.4, 0.5) is 11.4 Å². The molecule has 1 fully saturated rings. The van der Waals surface area contributed by atoms with Crippen LogP contribution < -0.4 is 4.90 Å². The standard InChI is InChI=1S/C16H17ClN4/c17-14-6-8-15(9-7-14)18-19-21-12-10-20(11-13-21)16-4-2-1-3-5-16/h1-9H,10-13H2. The van der Waals surface area contributed by atoms with Crippen molar-refractivity contribution in [2.24, 2.45) is 10.3 Å². The zero-order valence-corrected chi connectivity index (χ0v) is 12.4. The molecule has 0 saturated carbocycles. The van der Waals surface area contributed by atoms with Crippen LogP contribution in [0.3, 0.4) is 0 Å². The monoisotopic (exact) mass is 300 g/mol. The van der Waals surface area contributed by atoms with Gasteiger partial charge < -0.3 is 4.90 Å². The van der Waals surface area contributed by atoms with Gasteiger partial charge >= 0.3 is 0 Å². The van der Waals surface area contributed by atoms with E-state index < -0.39 is 0 Å². The lowest BCUT2D eigenvalue weighted by Crippen LogP contribution is -2.43. The van der Waals surface area contributed by atoms with Crippen molar-refractivity contribution in [2.75, 3.05) is 31.1 Å². The largest absolute Gasteiger partial charge is 0.368 e. The van der Waals surface area contributed by atoms with E-state index in [0.717, 1.165) is 31.9 Å². The van der Waals surface area contributed by atoms with E-state index in [9.17, 15) is 0 Å². The molecule has 0 N–H and O–H groups in total. The predicted molar refractivity (Wildman–Crippen MR) is 86.2 cm³/mol. The SMILES string of the molecule is Clc1ccc(N=NN2CCN(c3ccccc3)CC2)cc1. The van der Waals surface area contributed by atoms with Crippen LogP contribution in [0.15, 0.2) is 64.9 Å². The second-order valence-electron chi connectivity index (χ2n) is 4.94. The third-order valence-corrected chi connectivity index (χ3v) is 3.74. The van der Waals surface area contributed by atoms with Gasteiger partial charge in [0.1, 0.15) is 0 Å². The number of anilines is 1. The quantitative estimate of drug-likeness (QED) is 0.797. The van der Waals surface area contributed by atoms with E-state index in [1.54, 1.807) is 0 Å². The summed E-state index contributed by atoms with van der Waals surface area (Å²) < 4.78 is 0. The smallest absolute Gasteiger partial charge is 0.0875 e. The Morgan fingerprint density at radius 1 is 0.810 bits per heavy atom. The molecule has 2 aromatic carbocycles. The average molecular weight is 301 g/mol. The van der Waals surface area contributed by atoms with Gasteiger partial charge in [-0.25, -0.2) is 0 Å². The minimum Gasteiger partial charge on any atom is -0.368 e. The van der Waals surface area contributed by atoms with Crippen LogP contribution in [-0.4, -0.2) is 31.2 Å². The van der Waals surface area contributed by atoms with Crippen LogP contribution in [0.2, 0.25) is 5.02 Å². The Hall–Kier alpha value is -2.07. The lowest BCUT2D eigenvalue weighted by molar-refractivity contribution is 0.254. The summed E-state index contributed by atoms with van der Waals surface area (Å²) in [6.45, 7) is 3.69. The maximum Gasteiger partial charge on any atom is 0.0875 e. The van der Waals surface area contributed by atoms with Crippen LogP contribution in [0.25, 0.3) is 0 Å². The molecule has 0 amide bonds. The van der Waals surface area contributed by atoms with E-state index in [1.165, 1.54) is 5.69 Å². The molecule has 1 saturated heterocycles. The molecule has 1 aliphatic rings. The van der Waals surface area contributed by atoms with E-state index in [4.69, 9.17) is 11.6 Å². The summed E-state index contributed by atoms with van der Waals surface area (Å²) in [7, 11) is 0. The fourth-order valence-electron chi connectivity index (χ4n) is 2.30. The predicted octanol–water partition coefficient (Wildman–Crippen LogP) is 4.16. The molecule has 0 radical (unpaired) electrons. The van der Waals surface area contributed by atoms with Gasteiger partial charge in [0.25, 0.3) is 0 Å². The van der Waals surface area contributed by atoms with Crippen molar-refractivity contribution in [1.82, 2.24) is 5.01 Å². The van der Waals surface area contributed by atoms with Crippen LogP contribution >= 0.6 is 11.6 Å². The van der Waals surface area contributed by atoms with Crippen molar-refractivity contribution >= 4 is 23.0 Å². The molecular weight excluding hydrogens is 284 g/mol. The van der Waals surface area contributed by atoms with Gasteiger partial charge in [0, 0.05) is 23.8 Å². The highest BCUT2D eigenvalue weighted by atomic mass is 35.5. The summed E-state index contributed by atoms with van der Waals surface area (Å²) in [4.78, 5) is 2.37. The summed E-state index contributed by atoms with van der Waals surface area (Å²) >= 11 is 5.85. The fourth-order valence-corrected chi connectivity index (χ4v) is 2.43. The highest BCUT2D eigenvalue weighted by molar-refractivity contribution is 6.30. The zero-order chi connectivity index (χ0) is 14.5. The van der Waals surface area contributed by atoms with Gasteiger partial charge in [-0.3, -0.25) is 5.01 Å². The molecule has 3 rings (SSSR count). The first-order valence-electron chi connectivity index (χ1n) is 7.03. The van der Waals surface area contributed by atoms with Crippen molar-refractivity contribution in [3.63, 3.8) is 0 Å². The first kappa shape index (κ1) is 13.9. The Morgan fingerprint density at radius 3 is 2.14 bits per heavy atom. The van der Waals surface area contributed by atoms with Crippen LogP contribution in [-0.2, 0) is 0 Å². The first-order chi connectivity index (χ1) is 10.3. The average Bonchev–Trinajstić information content (AvgIpc) is 2.56. The number of piperazine rings is 1. The minimum atomic E-state index is 0.713. The molecule has 108 valence electrons. The van der Waals surface area contributed by atoms with Crippen molar-refractivity contribution in [1.29, 1.82) is 0 Å². The maximum absolute atomic E-state index is 5.85. The molecule has 0 unspecified atom stereocenters. The number of halogens is 1. The van der Waals surface area contributed by atoms with E-state index in [-0.39, 0.29) is 0 Å². The first-order valence-corrected chi connectivity index (χ1v) is 7.41. The molecule has 5 heteroatoms. The lowest BCUT2D eigenvalue weighted by atomic mass is 10.2. The summed E-state index contributed by atoms with van der Waals surface area (Å²) in [6.07, 6.45) is 0. The number of para-hydroxylation sites is 1. The van der Waals surface area contributed by atoms with Gasteiger partial charge in [-0.15, -0.1) is 5.11 Å². The zero-order valence-electron chi connectivity index (χ0n) is 11.7. The van der Waals surface area contributed by atoms with E-state index >= 15 is 0 Å². The highest BCUT2D eigenvalue weighted by Gasteiger charge is 2.15. The van der Waals surface area contributed by atoms with Gasteiger partial charge in [0.2, 0.25) is 0 Å². The van der Waals surface area contributed by atoms with Crippen LogP contribution in [0.5, 0.6) is 0 Å². The molecule has 0 bridgehead atoms. The summed E-state index contributed by atoms with van der Waals surface area (Å²) in [6, 6.07) is 17.9. The highest BCUT2D eigenvalue weighted by Crippen LogP contribution is 2.18. The second-order valence-corrected chi connectivity index (χ2v) is 5.38. The Balaban J connectivity index is 1.55. The van der Waals surface area contributed by atoms with Crippen molar-refractivity contribution in [2.45, 2.75) is 0 Å². The van der Waals surface area contributed by atoms with E-state index in [2.05, 4.69) is 39.5 Å². The Labute approximate surface area is 129 Å². The van der Waals surface area contributed by atoms with Crippen molar-refractivity contribution < 1.29 is 0 Å². The Bertz CT molecular complexity index is 589.